The first-order valence-corrected chi connectivity index (χ1v) is 13.4. The van der Waals surface area contributed by atoms with Crippen LogP contribution in [-0.2, 0) is 20.7 Å². The number of esters is 1. The molecule has 1 heterocycles. The van der Waals surface area contributed by atoms with Crippen LogP contribution in [0.5, 0.6) is 5.75 Å². The summed E-state index contributed by atoms with van der Waals surface area (Å²) >= 11 is 1.55. The van der Waals surface area contributed by atoms with E-state index in [-0.39, 0.29) is 11.2 Å². The van der Waals surface area contributed by atoms with Crippen LogP contribution in [0, 0.1) is 6.92 Å². The Morgan fingerprint density at radius 2 is 1.78 bits per heavy atom. The number of carbonyl (C=O) groups is 2. The van der Waals surface area contributed by atoms with E-state index in [2.05, 4.69) is 43.1 Å². The zero-order valence-corrected chi connectivity index (χ0v) is 22.7. The number of para-hydroxylation sites is 1. The van der Waals surface area contributed by atoms with Gasteiger partial charge in [0.25, 0.3) is 5.91 Å². The maximum absolute atomic E-state index is 14.0. The van der Waals surface area contributed by atoms with E-state index in [4.69, 9.17) is 9.47 Å². The van der Waals surface area contributed by atoms with Gasteiger partial charge in [0.05, 0.1) is 18.0 Å². The number of carbonyl (C=O) groups excluding carboxylic acids is 2. The maximum Gasteiger partial charge on any atom is 0.303 e. The van der Waals surface area contributed by atoms with Gasteiger partial charge in [-0.15, -0.1) is 11.8 Å². The Kier molecular flexibility index (Phi) is 8.90. The minimum absolute atomic E-state index is 0.208. The predicted molar refractivity (Wildman–Crippen MR) is 148 cm³/mol. The molecule has 3 aromatic carbocycles. The molecule has 0 saturated heterocycles. The smallest absolute Gasteiger partial charge is 0.303 e. The molecule has 0 unspecified atom stereocenters. The predicted octanol–water partition coefficient (Wildman–Crippen LogP) is 5.29. The van der Waals surface area contributed by atoms with Crippen molar-refractivity contribution < 1.29 is 19.1 Å². The van der Waals surface area contributed by atoms with E-state index in [1.54, 1.807) is 23.8 Å². The lowest BCUT2D eigenvalue weighted by molar-refractivity contribution is -0.152. The molecule has 0 spiro atoms. The SMILES string of the molecule is COc1ccc([C@@H]2Sc3ccccc3N(CCN(C)CCc3cccc(C)c3)C(=O)[C@@H]2OC(C)=O)cc1. The maximum atomic E-state index is 14.0. The van der Waals surface area contributed by atoms with E-state index in [1.807, 2.05) is 48.5 Å². The molecular weight excluding hydrogens is 484 g/mol. The van der Waals surface area contributed by atoms with E-state index < -0.39 is 12.1 Å². The van der Waals surface area contributed by atoms with Crippen LogP contribution in [0.4, 0.5) is 5.69 Å². The fourth-order valence-corrected chi connectivity index (χ4v) is 5.83. The molecule has 0 saturated carbocycles. The summed E-state index contributed by atoms with van der Waals surface area (Å²) in [5.74, 6) is 0.0488. The van der Waals surface area contributed by atoms with Gasteiger partial charge in [-0.05, 0) is 55.8 Å². The molecule has 2 atom stereocenters. The summed E-state index contributed by atoms with van der Waals surface area (Å²) in [6, 6.07) is 24.0. The normalized spacial score (nSPS) is 17.3. The number of benzene rings is 3. The van der Waals surface area contributed by atoms with Crippen LogP contribution in [-0.4, -0.2) is 56.7 Å². The number of hydrogen-bond donors (Lipinski definition) is 0. The van der Waals surface area contributed by atoms with E-state index in [0.717, 1.165) is 34.9 Å². The van der Waals surface area contributed by atoms with E-state index in [9.17, 15) is 9.59 Å². The zero-order chi connectivity index (χ0) is 26.4. The van der Waals surface area contributed by atoms with Crippen molar-refractivity contribution in [2.45, 2.75) is 36.5 Å². The molecule has 0 aliphatic carbocycles. The summed E-state index contributed by atoms with van der Waals surface area (Å²) in [4.78, 5) is 31.1. The minimum atomic E-state index is -0.944. The first kappa shape index (κ1) is 26.8. The topological polar surface area (TPSA) is 59.1 Å². The van der Waals surface area contributed by atoms with Crippen molar-refractivity contribution in [3.8, 4) is 5.75 Å². The Labute approximate surface area is 223 Å². The quantitative estimate of drug-likeness (QED) is 0.359. The molecule has 7 heteroatoms. The minimum Gasteiger partial charge on any atom is -0.497 e. The molecule has 3 aromatic rings. The molecule has 1 amide bonds. The van der Waals surface area contributed by atoms with Crippen LogP contribution in [0.15, 0.2) is 77.7 Å². The molecule has 0 N–H and O–H groups in total. The zero-order valence-electron chi connectivity index (χ0n) is 21.8. The first-order valence-electron chi connectivity index (χ1n) is 12.5. The fourth-order valence-electron chi connectivity index (χ4n) is 4.51. The molecule has 4 rings (SSSR count). The standard InChI is InChI=1S/C30H34N2O4S/c1-21-8-7-9-23(20-21)16-17-31(3)18-19-32-26-10-5-6-11-27(26)37-29(28(30(32)34)36-22(2)33)24-12-14-25(35-4)15-13-24/h5-15,20,28-29H,16-19H2,1-4H3/t28-,29+/m1/s1. The second-order valence-electron chi connectivity index (χ2n) is 9.34. The average Bonchev–Trinajstić information content (AvgIpc) is 3.00. The molecule has 0 radical (unpaired) electrons. The fraction of sp³-hybridized carbons (Fsp3) is 0.333. The Morgan fingerprint density at radius 3 is 2.49 bits per heavy atom. The van der Waals surface area contributed by atoms with Crippen LogP contribution in [0.1, 0.15) is 28.9 Å². The molecular formula is C30H34N2O4S. The second-order valence-corrected chi connectivity index (χ2v) is 10.5. The van der Waals surface area contributed by atoms with Crippen LogP contribution in [0.2, 0.25) is 0 Å². The molecule has 194 valence electrons. The summed E-state index contributed by atoms with van der Waals surface area (Å²) in [6.07, 6.45) is -0.00494. The van der Waals surface area contributed by atoms with Gasteiger partial charge >= 0.3 is 5.97 Å². The highest BCUT2D eigenvalue weighted by atomic mass is 32.2. The monoisotopic (exact) mass is 518 g/mol. The second kappa shape index (κ2) is 12.3. The van der Waals surface area contributed by atoms with E-state index >= 15 is 0 Å². The van der Waals surface area contributed by atoms with Crippen LogP contribution in [0.3, 0.4) is 0 Å². The number of methoxy groups -OCH3 is 1. The van der Waals surface area contributed by atoms with Crippen molar-refractivity contribution in [3.05, 3.63) is 89.5 Å². The number of likely N-dealkylation sites (N-methyl/N-ethyl adjacent to an activating group) is 1. The van der Waals surface area contributed by atoms with Crippen molar-refractivity contribution in [1.82, 2.24) is 4.90 Å². The summed E-state index contributed by atoms with van der Waals surface area (Å²) in [7, 11) is 3.69. The lowest BCUT2D eigenvalue weighted by Crippen LogP contribution is -2.45. The molecule has 0 bridgehead atoms. The Balaban J connectivity index is 1.56. The molecule has 0 fully saturated rings. The number of anilines is 1. The highest BCUT2D eigenvalue weighted by molar-refractivity contribution is 7.99. The van der Waals surface area contributed by atoms with Crippen molar-refractivity contribution in [1.29, 1.82) is 0 Å². The lowest BCUT2D eigenvalue weighted by Gasteiger charge is -2.29. The van der Waals surface area contributed by atoms with Gasteiger partial charge < -0.3 is 19.3 Å². The molecule has 6 nitrogen and oxygen atoms in total. The van der Waals surface area contributed by atoms with Crippen LogP contribution >= 0.6 is 11.8 Å². The molecule has 37 heavy (non-hydrogen) atoms. The Bertz CT molecular complexity index is 1230. The molecule has 0 aromatic heterocycles. The summed E-state index contributed by atoms with van der Waals surface area (Å²) in [6.45, 7) is 5.52. The van der Waals surface area contributed by atoms with Crippen molar-refractivity contribution >= 4 is 29.3 Å². The number of thioether (sulfide) groups is 1. The van der Waals surface area contributed by atoms with Gasteiger partial charge in [-0.3, -0.25) is 9.59 Å². The number of hydrogen-bond acceptors (Lipinski definition) is 6. The highest BCUT2D eigenvalue weighted by Gasteiger charge is 2.40. The number of rotatable bonds is 9. The van der Waals surface area contributed by atoms with Crippen LogP contribution < -0.4 is 9.64 Å². The van der Waals surface area contributed by atoms with Gasteiger partial charge in [0.1, 0.15) is 5.75 Å². The third-order valence-corrected chi connectivity index (χ3v) is 7.87. The average molecular weight is 519 g/mol. The molecule has 1 aliphatic rings. The van der Waals surface area contributed by atoms with Gasteiger partial charge in [0.15, 0.2) is 6.10 Å². The Hall–Kier alpha value is -3.29. The number of fused-ring (bicyclic) bond motifs is 1. The van der Waals surface area contributed by atoms with Gasteiger partial charge in [-0.25, -0.2) is 0 Å². The lowest BCUT2D eigenvalue weighted by atomic mass is 10.1. The number of ether oxygens (including phenoxy) is 2. The van der Waals surface area contributed by atoms with E-state index in [1.165, 1.54) is 18.1 Å². The molecule has 1 aliphatic heterocycles. The third kappa shape index (κ3) is 6.73. The summed E-state index contributed by atoms with van der Waals surface area (Å²) in [5.41, 5.74) is 4.30. The van der Waals surface area contributed by atoms with Crippen molar-refractivity contribution in [2.24, 2.45) is 0 Å². The third-order valence-electron chi connectivity index (χ3n) is 6.50. The largest absolute Gasteiger partial charge is 0.497 e. The van der Waals surface area contributed by atoms with Gasteiger partial charge in [-0.2, -0.15) is 0 Å². The number of amides is 1. The van der Waals surface area contributed by atoms with Crippen molar-refractivity contribution in [3.63, 3.8) is 0 Å². The highest BCUT2D eigenvalue weighted by Crippen LogP contribution is 2.46. The van der Waals surface area contributed by atoms with Crippen LogP contribution in [0.25, 0.3) is 0 Å². The number of nitrogens with zero attached hydrogens (tertiary/aromatic N) is 2. The first-order chi connectivity index (χ1) is 17.9. The number of aryl methyl sites for hydroxylation is 1. The van der Waals surface area contributed by atoms with E-state index in [0.29, 0.717) is 13.1 Å². The van der Waals surface area contributed by atoms with Crippen molar-refractivity contribution in [2.75, 3.05) is 38.7 Å². The Morgan fingerprint density at radius 1 is 1.03 bits per heavy atom. The van der Waals surface area contributed by atoms with Gasteiger partial charge in [-0.1, -0.05) is 54.1 Å². The van der Waals surface area contributed by atoms with Gasteiger partial charge in [0, 0.05) is 31.5 Å². The summed E-state index contributed by atoms with van der Waals surface area (Å²) < 4.78 is 11.0. The van der Waals surface area contributed by atoms with Gasteiger partial charge in [0.2, 0.25) is 0 Å². The summed E-state index contributed by atoms with van der Waals surface area (Å²) in [5, 5.41) is -0.382.